The van der Waals surface area contributed by atoms with Crippen molar-refractivity contribution < 1.29 is 0 Å². The van der Waals surface area contributed by atoms with Crippen LogP contribution in [0.25, 0.3) is 0 Å². The van der Waals surface area contributed by atoms with E-state index in [2.05, 4.69) is 23.6 Å². The van der Waals surface area contributed by atoms with Crippen molar-refractivity contribution >= 4 is 11.6 Å². The first-order chi connectivity index (χ1) is 8.25. The maximum Gasteiger partial charge on any atom is 0.0409 e. The van der Waals surface area contributed by atoms with Gasteiger partial charge in [-0.1, -0.05) is 23.7 Å². The maximum absolute atomic E-state index is 6.00. The van der Waals surface area contributed by atoms with Crippen molar-refractivity contribution in [3.8, 4) is 0 Å². The van der Waals surface area contributed by atoms with Crippen molar-refractivity contribution in [3.05, 3.63) is 34.9 Å². The van der Waals surface area contributed by atoms with Gasteiger partial charge in [0.1, 0.15) is 0 Å². The second-order valence-corrected chi connectivity index (χ2v) is 5.33. The van der Waals surface area contributed by atoms with Crippen LogP contribution in [0.1, 0.15) is 31.4 Å². The molecule has 1 aliphatic rings. The third kappa shape index (κ3) is 3.98. The van der Waals surface area contributed by atoms with Crippen molar-refractivity contribution in [1.29, 1.82) is 0 Å². The van der Waals surface area contributed by atoms with Crippen LogP contribution in [0, 0.1) is 5.92 Å². The van der Waals surface area contributed by atoms with Crippen LogP contribution >= 0.6 is 11.6 Å². The Morgan fingerprint density at radius 1 is 1.53 bits per heavy atom. The number of benzene rings is 1. The third-order valence-corrected chi connectivity index (χ3v) is 3.70. The van der Waals surface area contributed by atoms with Crippen molar-refractivity contribution in [3.63, 3.8) is 0 Å². The average molecular weight is 253 g/mol. The topological polar surface area (TPSA) is 24.1 Å². The number of nitrogens with one attached hydrogen (secondary N) is 2. The summed E-state index contributed by atoms with van der Waals surface area (Å²) in [6, 6.07) is 8.47. The molecule has 2 atom stereocenters. The summed E-state index contributed by atoms with van der Waals surface area (Å²) in [5.74, 6) is 0.769. The van der Waals surface area contributed by atoms with Crippen LogP contribution < -0.4 is 10.6 Å². The average Bonchev–Trinajstić information content (AvgIpc) is 2.37. The molecule has 94 valence electrons. The standard InChI is InChI=1S/C14H21ClN2/c1-11(13-5-2-6-14(15)8-13)17-10-12-4-3-7-16-9-12/h2,5-6,8,11-12,16-17H,3-4,7,9-10H2,1H3/t11-,12?/m1/s1. The Labute approximate surface area is 109 Å². The van der Waals surface area contributed by atoms with E-state index in [9.17, 15) is 0 Å². The summed E-state index contributed by atoms with van der Waals surface area (Å²) in [6.07, 6.45) is 2.64. The van der Waals surface area contributed by atoms with Gasteiger partial charge in [-0.25, -0.2) is 0 Å². The Kier molecular flexibility index (Phi) is 4.84. The van der Waals surface area contributed by atoms with Crippen molar-refractivity contribution in [2.75, 3.05) is 19.6 Å². The lowest BCUT2D eigenvalue weighted by Crippen LogP contribution is -2.36. The molecule has 2 rings (SSSR count). The van der Waals surface area contributed by atoms with Crippen LogP contribution in [-0.4, -0.2) is 19.6 Å². The molecule has 1 aromatic carbocycles. The first kappa shape index (κ1) is 12.9. The largest absolute Gasteiger partial charge is 0.316 e. The van der Waals surface area contributed by atoms with Gasteiger partial charge in [0.25, 0.3) is 0 Å². The van der Waals surface area contributed by atoms with E-state index in [0.29, 0.717) is 6.04 Å². The molecule has 0 bridgehead atoms. The van der Waals surface area contributed by atoms with Crippen LogP contribution in [0.5, 0.6) is 0 Å². The minimum absolute atomic E-state index is 0.371. The minimum atomic E-state index is 0.371. The molecule has 1 heterocycles. The summed E-state index contributed by atoms with van der Waals surface area (Å²) < 4.78 is 0. The molecule has 1 saturated heterocycles. The van der Waals surface area contributed by atoms with Crippen molar-refractivity contribution in [1.82, 2.24) is 10.6 Å². The van der Waals surface area contributed by atoms with Crippen molar-refractivity contribution in [2.45, 2.75) is 25.8 Å². The van der Waals surface area contributed by atoms with Crippen molar-refractivity contribution in [2.24, 2.45) is 5.92 Å². The van der Waals surface area contributed by atoms with E-state index >= 15 is 0 Å². The molecular weight excluding hydrogens is 232 g/mol. The maximum atomic E-state index is 6.00. The highest BCUT2D eigenvalue weighted by atomic mass is 35.5. The molecule has 0 aliphatic carbocycles. The highest BCUT2D eigenvalue weighted by molar-refractivity contribution is 6.30. The molecule has 2 nitrogen and oxygen atoms in total. The highest BCUT2D eigenvalue weighted by Crippen LogP contribution is 2.18. The van der Waals surface area contributed by atoms with Gasteiger partial charge in [-0.2, -0.15) is 0 Å². The van der Waals surface area contributed by atoms with Crippen LogP contribution in [-0.2, 0) is 0 Å². The fraction of sp³-hybridized carbons (Fsp3) is 0.571. The zero-order valence-electron chi connectivity index (χ0n) is 10.4. The van der Waals surface area contributed by atoms with Gasteiger partial charge in [-0.15, -0.1) is 0 Å². The molecule has 3 heteroatoms. The van der Waals surface area contributed by atoms with E-state index in [1.54, 1.807) is 0 Å². The second-order valence-electron chi connectivity index (χ2n) is 4.90. The van der Waals surface area contributed by atoms with Gasteiger partial charge < -0.3 is 10.6 Å². The predicted molar refractivity (Wildman–Crippen MR) is 73.5 cm³/mol. The molecule has 0 saturated carbocycles. The van der Waals surface area contributed by atoms with Crippen LogP contribution in [0.4, 0.5) is 0 Å². The van der Waals surface area contributed by atoms with E-state index in [1.165, 1.54) is 24.9 Å². The van der Waals surface area contributed by atoms with Gasteiger partial charge in [0.15, 0.2) is 0 Å². The summed E-state index contributed by atoms with van der Waals surface area (Å²) in [4.78, 5) is 0. The predicted octanol–water partition coefficient (Wildman–Crippen LogP) is 2.99. The smallest absolute Gasteiger partial charge is 0.0409 e. The Balaban J connectivity index is 1.82. The van der Waals surface area contributed by atoms with Gasteiger partial charge in [0.2, 0.25) is 0 Å². The number of halogens is 1. The zero-order valence-corrected chi connectivity index (χ0v) is 11.1. The second kappa shape index (κ2) is 6.39. The van der Waals surface area contributed by atoms with E-state index in [0.717, 1.165) is 24.0 Å². The summed E-state index contributed by atoms with van der Waals surface area (Å²) in [6.45, 7) is 5.61. The molecule has 0 radical (unpaired) electrons. The molecule has 17 heavy (non-hydrogen) atoms. The molecular formula is C14H21ClN2. The summed E-state index contributed by atoms with van der Waals surface area (Å²) in [7, 11) is 0. The highest BCUT2D eigenvalue weighted by Gasteiger charge is 2.14. The third-order valence-electron chi connectivity index (χ3n) is 3.46. The van der Waals surface area contributed by atoms with Crippen LogP contribution in [0.15, 0.2) is 24.3 Å². The first-order valence-corrected chi connectivity index (χ1v) is 6.83. The number of rotatable bonds is 4. The monoisotopic (exact) mass is 252 g/mol. The van der Waals surface area contributed by atoms with Crippen LogP contribution in [0.3, 0.4) is 0 Å². The minimum Gasteiger partial charge on any atom is -0.316 e. The Morgan fingerprint density at radius 3 is 3.12 bits per heavy atom. The number of hydrogen-bond acceptors (Lipinski definition) is 2. The van der Waals surface area contributed by atoms with E-state index in [-0.39, 0.29) is 0 Å². The lowest BCUT2D eigenvalue weighted by molar-refractivity contribution is 0.348. The summed E-state index contributed by atoms with van der Waals surface area (Å²) in [5, 5.41) is 7.86. The number of piperidine rings is 1. The van der Waals surface area contributed by atoms with Gasteiger partial charge in [-0.05, 0) is 63.0 Å². The quantitative estimate of drug-likeness (QED) is 0.861. The van der Waals surface area contributed by atoms with E-state index < -0.39 is 0 Å². The van der Waals surface area contributed by atoms with Crippen LogP contribution in [0.2, 0.25) is 5.02 Å². The van der Waals surface area contributed by atoms with E-state index in [1.807, 2.05) is 18.2 Å². The Bertz CT molecular complexity index is 348. The fourth-order valence-electron chi connectivity index (χ4n) is 2.34. The van der Waals surface area contributed by atoms with Gasteiger partial charge in [0.05, 0.1) is 0 Å². The lowest BCUT2D eigenvalue weighted by Gasteiger charge is -2.25. The Hall–Kier alpha value is -0.570. The summed E-state index contributed by atoms with van der Waals surface area (Å²) in [5.41, 5.74) is 1.27. The molecule has 1 unspecified atom stereocenters. The van der Waals surface area contributed by atoms with Gasteiger partial charge in [-0.3, -0.25) is 0 Å². The van der Waals surface area contributed by atoms with Gasteiger partial charge in [0, 0.05) is 11.1 Å². The molecule has 1 fully saturated rings. The fourth-order valence-corrected chi connectivity index (χ4v) is 2.53. The van der Waals surface area contributed by atoms with E-state index in [4.69, 9.17) is 11.6 Å². The first-order valence-electron chi connectivity index (χ1n) is 6.45. The van der Waals surface area contributed by atoms with Gasteiger partial charge >= 0.3 is 0 Å². The molecule has 0 amide bonds. The molecule has 0 aromatic heterocycles. The normalized spacial score (nSPS) is 22.4. The molecule has 2 N–H and O–H groups in total. The SMILES string of the molecule is C[C@@H](NCC1CCCNC1)c1cccc(Cl)c1. The molecule has 1 aliphatic heterocycles. The lowest BCUT2D eigenvalue weighted by atomic mass is 9.99. The zero-order chi connectivity index (χ0) is 12.1. The molecule has 1 aromatic rings. The summed E-state index contributed by atoms with van der Waals surface area (Å²) >= 11 is 6.00. The number of hydrogen-bond donors (Lipinski definition) is 2. The molecule has 0 spiro atoms. The Morgan fingerprint density at radius 2 is 2.41 bits per heavy atom.